The minimum absolute atomic E-state index is 0.351. The van der Waals surface area contributed by atoms with Crippen molar-refractivity contribution in [3.63, 3.8) is 0 Å². The zero-order valence-electron chi connectivity index (χ0n) is 8.54. The minimum Gasteiger partial charge on any atom is -0.397 e. The predicted molar refractivity (Wildman–Crippen MR) is 60.6 cm³/mol. The first-order valence-corrected chi connectivity index (χ1v) is 4.70. The van der Waals surface area contributed by atoms with Gasteiger partial charge in [0.25, 0.3) is 0 Å². The summed E-state index contributed by atoms with van der Waals surface area (Å²) in [5.74, 6) is -0.105. The number of rotatable bonds is 3. The van der Waals surface area contributed by atoms with Crippen molar-refractivity contribution in [3.8, 4) is 0 Å². The molecule has 0 bridgehead atoms. The highest BCUT2D eigenvalue weighted by molar-refractivity contribution is 6.33. The topological polar surface area (TPSA) is 94.0 Å². The molecule has 0 aliphatic rings. The predicted octanol–water partition coefficient (Wildman–Crippen LogP) is 0.993. The number of anilines is 2. The molecule has 0 aliphatic heterocycles. The number of hydrogen-bond acceptors (Lipinski definition) is 4. The molecule has 1 amide bonds. The smallest absolute Gasteiger partial charge is 0.242 e. The van der Waals surface area contributed by atoms with E-state index in [2.05, 4.69) is 10.3 Å². The number of halogens is 1. The number of aromatic nitrogens is 1. The van der Waals surface area contributed by atoms with Gasteiger partial charge >= 0.3 is 0 Å². The molecule has 1 aromatic heterocycles. The molecule has 0 fully saturated rings. The van der Waals surface area contributed by atoms with Crippen molar-refractivity contribution in [1.82, 2.24) is 4.98 Å². The Morgan fingerprint density at radius 2 is 2.20 bits per heavy atom. The normalized spacial score (nSPS) is 11.1. The first kappa shape index (κ1) is 11.6. The van der Waals surface area contributed by atoms with Crippen LogP contribution >= 0.6 is 11.6 Å². The first-order chi connectivity index (χ1) is 6.83. The molecule has 1 aromatic rings. The SMILES string of the molecule is CC(C)(Nc1ncc(N)cc1Cl)C(N)=O. The Balaban J connectivity index is 2.95. The number of pyridine rings is 1. The third kappa shape index (κ3) is 2.73. The number of carbonyl (C=O) groups is 1. The summed E-state index contributed by atoms with van der Waals surface area (Å²) in [5.41, 5.74) is 10.2. The lowest BCUT2D eigenvalue weighted by Gasteiger charge is -2.23. The van der Waals surface area contributed by atoms with Crippen molar-refractivity contribution < 1.29 is 4.79 Å². The van der Waals surface area contributed by atoms with Crippen molar-refractivity contribution >= 4 is 29.0 Å². The molecule has 5 N–H and O–H groups in total. The average Bonchev–Trinajstić information content (AvgIpc) is 2.09. The highest BCUT2D eigenvalue weighted by Crippen LogP contribution is 2.23. The van der Waals surface area contributed by atoms with Crippen LogP contribution in [0.25, 0.3) is 0 Å². The standard InChI is InChI=1S/C9H13ClN4O/c1-9(2,8(12)15)14-7-6(10)3-5(11)4-13-7/h3-4H,11H2,1-2H3,(H2,12,15)(H,13,14). The van der Waals surface area contributed by atoms with Gasteiger partial charge < -0.3 is 16.8 Å². The van der Waals surface area contributed by atoms with E-state index in [0.717, 1.165) is 0 Å². The molecule has 6 heteroatoms. The minimum atomic E-state index is -0.910. The van der Waals surface area contributed by atoms with Crippen LogP contribution in [0.5, 0.6) is 0 Å². The second-order valence-electron chi connectivity index (χ2n) is 3.71. The number of nitrogen functional groups attached to an aromatic ring is 1. The maximum Gasteiger partial charge on any atom is 0.242 e. The molecular formula is C9H13ClN4O. The van der Waals surface area contributed by atoms with Gasteiger partial charge in [-0.3, -0.25) is 4.79 Å². The maximum atomic E-state index is 11.1. The van der Waals surface area contributed by atoms with Crippen LogP contribution in [0.2, 0.25) is 5.02 Å². The largest absolute Gasteiger partial charge is 0.397 e. The zero-order valence-corrected chi connectivity index (χ0v) is 9.30. The summed E-state index contributed by atoms with van der Waals surface area (Å²) < 4.78 is 0. The van der Waals surface area contributed by atoms with Crippen LogP contribution in [0.4, 0.5) is 11.5 Å². The number of nitrogens with two attached hydrogens (primary N) is 2. The van der Waals surface area contributed by atoms with Gasteiger partial charge in [-0.05, 0) is 19.9 Å². The molecule has 0 atom stereocenters. The van der Waals surface area contributed by atoms with Gasteiger partial charge in [-0.25, -0.2) is 4.98 Å². The molecule has 0 unspecified atom stereocenters. The summed E-state index contributed by atoms with van der Waals surface area (Å²) >= 11 is 5.88. The van der Waals surface area contributed by atoms with Crippen molar-refractivity contribution in [2.24, 2.45) is 5.73 Å². The number of amides is 1. The summed E-state index contributed by atoms with van der Waals surface area (Å²) in [6.45, 7) is 3.29. The lowest BCUT2D eigenvalue weighted by Crippen LogP contribution is -2.45. The highest BCUT2D eigenvalue weighted by Gasteiger charge is 2.25. The van der Waals surface area contributed by atoms with E-state index < -0.39 is 11.4 Å². The van der Waals surface area contributed by atoms with Gasteiger partial charge in [0.15, 0.2) is 0 Å². The van der Waals surface area contributed by atoms with E-state index in [1.165, 1.54) is 6.20 Å². The monoisotopic (exact) mass is 228 g/mol. The van der Waals surface area contributed by atoms with E-state index in [-0.39, 0.29) is 0 Å². The highest BCUT2D eigenvalue weighted by atomic mass is 35.5. The fourth-order valence-corrected chi connectivity index (χ4v) is 1.12. The average molecular weight is 229 g/mol. The van der Waals surface area contributed by atoms with E-state index >= 15 is 0 Å². The number of carbonyl (C=O) groups excluding carboxylic acids is 1. The molecule has 15 heavy (non-hydrogen) atoms. The molecule has 0 saturated carbocycles. The van der Waals surface area contributed by atoms with E-state index in [1.807, 2.05) is 0 Å². The van der Waals surface area contributed by atoms with Crippen molar-refractivity contribution in [2.75, 3.05) is 11.1 Å². The Labute approximate surface area is 92.8 Å². The van der Waals surface area contributed by atoms with Crippen molar-refractivity contribution in [1.29, 1.82) is 0 Å². The fourth-order valence-electron chi connectivity index (χ4n) is 0.902. The molecular weight excluding hydrogens is 216 g/mol. The Morgan fingerprint density at radius 3 is 2.67 bits per heavy atom. The van der Waals surface area contributed by atoms with Crippen LogP contribution in [-0.2, 0) is 4.79 Å². The molecule has 1 heterocycles. The lowest BCUT2D eigenvalue weighted by molar-refractivity contribution is -0.121. The van der Waals surface area contributed by atoms with Crippen LogP contribution in [0.3, 0.4) is 0 Å². The Morgan fingerprint density at radius 1 is 1.60 bits per heavy atom. The zero-order chi connectivity index (χ0) is 11.6. The van der Waals surface area contributed by atoms with Crippen molar-refractivity contribution in [2.45, 2.75) is 19.4 Å². The maximum absolute atomic E-state index is 11.1. The van der Waals surface area contributed by atoms with Crippen LogP contribution in [0.1, 0.15) is 13.8 Å². The molecule has 1 rings (SSSR count). The van der Waals surface area contributed by atoms with Gasteiger partial charge in [0.05, 0.1) is 16.9 Å². The van der Waals surface area contributed by atoms with Crippen LogP contribution in [0.15, 0.2) is 12.3 Å². The number of hydrogen-bond donors (Lipinski definition) is 3. The van der Waals surface area contributed by atoms with Gasteiger partial charge in [-0.15, -0.1) is 0 Å². The van der Waals surface area contributed by atoms with Gasteiger partial charge in [-0.1, -0.05) is 11.6 Å². The second kappa shape index (κ2) is 3.94. The third-order valence-corrected chi connectivity index (χ3v) is 2.20. The molecule has 5 nitrogen and oxygen atoms in total. The van der Waals surface area contributed by atoms with Gasteiger partial charge in [-0.2, -0.15) is 0 Å². The molecule has 0 aromatic carbocycles. The van der Waals surface area contributed by atoms with E-state index in [4.69, 9.17) is 23.1 Å². The summed E-state index contributed by atoms with van der Waals surface area (Å²) in [6, 6.07) is 1.55. The number of primary amides is 1. The van der Waals surface area contributed by atoms with E-state index in [0.29, 0.717) is 16.5 Å². The summed E-state index contributed by atoms with van der Waals surface area (Å²) in [7, 11) is 0. The summed E-state index contributed by atoms with van der Waals surface area (Å²) in [4.78, 5) is 15.0. The quantitative estimate of drug-likeness (QED) is 0.719. The number of nitrogens with one attached hydrogen (secondary N) is 1. The van der Waals surface area contributed by atoms with Crippen LogP contribution < -0.4 is 16.8 Å². The van der Waals surface area contributed by atoms with E-state index in [9.17, 15) is 4.79 Å². The fraction of sp³-hybridized carbons (Fsp3) is 0.333. The third-order valence-electron chi connectivity index (χ3n) is 1.91. The number of nitrogens with zero attached hydrogens (tertiary/aromatic N) is 1. The first-order valence-electron chi connectivity index (χ1n) is 4.32. The van der Waals surface area contributed by atoms with Gasteiger partial charge in [0.1, 0.15) is 11.4 Å². The van der Waals surface area contributed by atoms with E-state index in [1.54, 1.807) is 19.9 Å². The van der Waals surface area contributed by atoms with Crippen molar-refractivity contribution in [3.05, 3.63) is 17.3 Å². The molecule has 0 spiro atoms. The molecule has 0 aliphatic carbocycles. The lowest BCUT2D eigenvalue weighted by atomic mass is 10.1. The molecule has 82 valence electrons. The summed E-state index contributed by atoms with van der Waals surface area (Å²) in [6.07, 6.45) is 1.45. The van der Waals surface area contributed by atoms with Crippen LogP contribution in [-0.4, -0.2) is 16.4 Å². The Hall–Kier alpha value is -1.49. The Bertz CT molecular complexity index is 392. The van der Waals surface area contributed by atoms with Gasteiger partial charge in [0.2, 0.25) is 5.91 Å². The van der Waals surface area contributed by atoms with Gasteiger partial charge in [0, 0.05) is 0 Å². The Kier molecular flexibility index (Phi) is 3.04. The second-order valence-corrected chi connectivity index (χ2v) is 4.12. The summed E-state index contributed by atoms with van der Waals surface area (Å²) in [5, 5.41) is 3.19. The van der Waals surface area contributed by atoms with Crippen LogP contribution in [0, 0.1) is 0 Å². The molecule has 0 saturated heterocycles. The molecule has 0 radical (unpaired) electrons.